The molecule has 0 saturated carbocycles. The molecule has 0 saturated heterocycles. The van der Waals surface area contributed by atoms with Crippen LogP contribution in [0.15, 0.2) is 205 Å². The number of hydrogen-bond donors (Lipinski definition) is 1. The van der Waals surface area contributed by atoms with E-state index >= 15 is 0 Å². The van der Waals surface area contributed by atoms with E-state index in [0.29, 0.717) is 0 Å². The molecule has 1 aliphatic carbocycles. The monoisotopic (exact) mass is 681 g/mol. The highest BCUT2D eigenvalue weighted by molar-refractivity contribution is 6.06. The van der Waals surface area contributed by atoms with Crippen LogP contribution < -0.4 is 15.8 Å². The van der Waals surface area contributed by atoms with E-state index in [-0.39, 0.29) is 0 Å². The minimum Gasteiger partial charge on any atom is -0.456 e. The molecule has 1 aromatic heterocycles. The number of para-hydroxylation sites is 2. The van der Waals surface area contributed by atoms with E-state index in [9.17, 15) is 0 Å². The summed E-state index contributed by atoms with van der Waals surface area (Å²) in [6, 6.07) is 70.6. The number of fused-ring (bicyclic) bond motifs is 6. The molecule has 53 heavy (non-hydrogen) atoms. The standard InChI is InChI=1S/C49H35N3O/c50-52(39-21-13-17-35(31-39)49(34-15-3-1-4-16-34)45-26-10-7-23-41(45)42-24-8-11-27-46(42)49)40-22-14-20-37(32-40)51(36-18-5-2-6-19-36)38-29-30-44-43-25-9-12-28-47(43)53-48(44)33-38/h1-33H,50H2. The maximum Gasteiger partial charge on any atom is 0.137 e. The average Bonchev–Trinajstić information content (AvgIpc) is 3.75. The zero-order valence-corrected chi connectivity index (χ0v) is 28.9. The third-order valence-electron chi connectivity index (χ3n) is 10.7. The predicted molar refractivity (Wildman–Crippen MR) is 218 cm³/mol. The quantitative estimate of drug-likeness (QED) is 0.134. The van der Waals surface area contributed by atoms with E-state index < -0.39 is 5.41 Å². The van der Waals surface area contributed by atoms with Gasteiger partial charge >= 0.3 is 0 Å². The van der Waals surface area contributed by atoms with Gasteiger partial charge in [0.05, 0.1) is 16.8 Å². The first kappa shape index (κ1) is 30.9. The maximum atomic E-state index is 7.12. The van der Waals surface area contributed by atoms with E-state index in [1.54, 1.807) is 5.01 Å². The number of nitrogens with two attached hydrogens (primary N) is 1. The van der Waals surface area contributed by atoms with Gasteiger partial charge in [-0.1, -0.05) is 133 Å². The highest BCUT2D eigenvalue weighted by atomic mass is 16.3. The lowest BCUT2D eigenvalue weighted by Gasteiger charge is -2.34. The van der Waals surface area contributed by atoms with Crippen molar-refractivity contribution in [2.24, 2.45) is 5.84 Å². The summed E-state index contributed by atoms with van der Waals surface area (Å²) in [6.07, 6.45) is 0. The molecule has 4 nitrogen and oxygen atoms in total. The zero-order valence-electron chi connectivity index (χ0n) is 28.9. The van der Waals surface area contributed by atoms with Gasteiger partial charge < -0.3 is 9.32 Å². The molecule has 0 fully saturated rings. The predicted octanol–water partition coefficient (Wildman–Crippen LogP) is 12.4. The first-order valence-electron chi connectivity index (χ1n) is 18.0. The average molecular weight is 682 g/mol. The molecule has 0 atom stereocenters. The van der Waals surface area contributed by atoms with Gasteiger partial charge in [-0.2, -0.15) is 0 Å². The zero-order chi connectivity index (χ0) is 35.4. The lowest BCUT2D eigenvalue weighted by Crippen LogP contribution is -2.30. The molecule has 0 bridgehead atoms. The van der Waals surface area contributed by atoms with Crippen LogP contribution in [0, 0.1) is 0 Å². The van der Waals surface area contributed by atoms with Gasteiger partial charge in [0.25, 0.3) is 0 Å². The molecule has 8 aromatic carbocycles. The van der Waals surface area contributed by atoms with Gasteiger partial charge in [-0.05, 0) is 94.0 Å². The Balaban J connectivity index is 1.09. The Bertz CT molecular complexity index is 2720. The summed E-state index contributed by atoms with van der Waals surface area (Å²) in [5.41, 5.74) is 13.4. The van der Waals surface area contributed by atoms with Gasteiger partial charge in [0.2, 0.25) is 0 Å². The van der Waals surface area contributed by atoms with Crippen LogP contribution in [0.1, 0.15) is 22.3 Å². The second-order valence-electron chi connectivity index (χ2n) is 13.6. The largest absolute Gasteiger partial charge is 0.456 e. The van der Waals surface area contributed by atoms with Crippen molar-refractivity contribution >= 4 is 50.4 Å². The summed E-state index contributed by atoms with van der Waals surface area (Å²) < 4.78 is 6.32. The van der Waals surface area contributed by atoms with Crippen molar-refractivity contribution in [2.45, 2.75) is 5.41 Å². The summed E-state index contributed by atoms with van der Waals surface area (Å²) in [6.45, 7) is 0. The van der Waals surface area contributed by atoms with E-state index in [1.807, 2.05) is 24.3 Å². The number of anilines is 5. The molecular weight excluding hydrogens is 647 g/mol. The number of rotatable bonds is 7. The van der Waals surface area contributed by atoms with Gasteiger partial charge in [0, 0.05) is 33.9 Å². The Hall–Kier alpha value is -6.88. The first-order chi connectivity index (χ1) is 26.2. The van der Waals surface area contributed by atoms with Crippen LogP contribution in [-0.2, 0) is 5.41 Å². The smallest absolute Gasteiger partial charge is 0.137 e. The Kier molecular flexibility index (Phi) is 7.24. The normalized spacial score (nSPS) is 12.8. The van der Waals surface area contributed by atoms with Crippen molar-refractivity contribution in [1.29, 1.82) is 0 Å². The van der Waals surface area contributed by atoms with Crippen molar-refractivity contribution in [3.05, 3.63) is 222 Å². The van der Waals surface area contributed by atoms with Crippen LogP contribution in [0.5, 0.6) is 0 Å². The minimum atomic E-state index is -0.507. The molecule has 4 heteroatoms. The molecule has 1 heterocycles. The molecule has 0 amide bonds. The molecule has 252 valence electrons. The van der Waals surface area contributed by atoms with E-state index in [4.69, 9.17) is 10.3 Å². The first-order valence-corrected chi connectivity index (χ1v) is 18.0. The summed E-state index contributed by atoms with van der Waals surface area (Å²) >= 11 is 0. The Morgan fingerprint density at radius 2 is 0.906 bits per heavy atom. The fraction of sp³-hybridized carbons (Fsp3) is 0.0204. The van der Waals surface area contributed by atoms with Crippen LogP contribution >= 0.6 is 0 Å². The van der Waals surface area contributed by atoms with E-state index in [1.165, 1.54) is 27.8 Å². The van der Waals surface area contributed by atoms with Gasteiger partial charge in [-0.25, -0.2) is 5.84 Å². The summed E-state index contributed by atoms with van der Waals surface area (Å²) in [5.74, 6) is 7.12. The molecular formula is C49H35N3O. The molecule has 0 spiro atoms. The molecule has 0 aliphatic heterocycles. The SMILES string of the molecule is NN(c1cccc(N(c2ccccc2)c2ccc3c(c2)oc2ccccc23)c1)c1cccc(C2(c3ccccc3)c3ccccc3-c3ccccc32)c1. The highest BCUT2D eigenvalue weighted by Gasteiger charge is 2.46. The second-order valence-corrected chi connectivity index (χ2v) is 13.6. The molecule has 10 rings (SSSR count). The van der Waals surface area contributed by atoms with Crippen LogP contribution in [0.25, 0.3) is 33.1 Å². The van der Waals surface area contributed by atoms with Gasteiger partial charge in [0.15, 0.2) is 0 Å². The van der Waals surface area contributed by atoms with Crippen molar-refractivity contribution in [2.75, 3.05) is 9.91 Å². The maximum absolute atomic E-state index is 7.12. The number of hydrogen-bond acceptors (Lipinski definition) is 4. The van der Waals surface area contributed by atoms with E-state index in [2.05, 4.69) is 181 Å². The number of nitrogens with zero attached hydrogens (tertiary/aromatic N) is 2. The van der Waals surface area contributed by atoms with Gasteiger partial charge in [-0.3, -0.25) is 5.01 Å². The van der Waals surface area contributed by atoms with E-state index in [0.717, 1.165) is 55.9 Å². The second kappa shape index (κ2) is 12.4. The van der Waals surface area contributed by atoms with Crippen molar-refractivity contribution in [1.82, 2.24) is 0 Å². The Labute approximate surface area is 308 Å². The molecule has 0 radical (unpaired) electrons. The van der Waals surface area contributed by atoms with Crippen LogP contribution in [0.2, 0.25) is 0 Å². The van der Waals surface area contributed by atoms with Gasteiger partial charge in [-0.15, -0.1) is 0 Å². The van der Waals surface area contributed by atoms with Crippen LogP contribution in [0.3, 0.4) is 0 Å². The highest BCUT2D eigenvalue weighted by Crippen LogP contribution is 2.56. The Morgan fingerprint density at radius 1 is 0.377 bits per heavy atom. The summed E-state index contributed by atoms with van der Waals surface area (Å²) in [4.78, 5) is 2.25. The molecule has 1 aliphatic rings. The Morgan fingerprint density at radius 3 is 1.66 bits per heavy atom. The summed E-state index contributed by atoms with van der Waals surface area (Å²) in [5, 5.41) is 4.01. The fourth-order valence-electron chi connectivity index (χ4n) is 8.41. The fourth-order valence-corrected chi connectivity index (χ4v) is 8.41. The third-order valence-corrected chi connectivity index (χ3v) is 10.7. The lowest BCUT2D eigenvalue weighted by molar-refractivity contribution is 0.669. The van der Waals surface area contributed by atoms with Crippen molar-refractivity contribution < 1.29 is 4.42 Å². The van der Waals surface area contributed by atoms with Crippen LogP contribution in [0.4, 0.5) is 28.4 Å². The molecule has 0 unspecified atom stereocenters. The summed E-state index contributed by atoms with van der Waals surface area (Å²) in [7, 11) is 0. The van der Waals surface area contributed by atoms with Crippen LogP contribution in [-0.4, -0.2) is 0 Å². The number of hydrazine groups is 1. The van der Waals surface area contributed by atoms with Crippen molar-refractivity contribution in [3.63, 3.8) is 0 Å². The van der Waals surface area contributed by atoms with Crippen molar-refractivity contribution in [3.8, 4) is 11.1 Å². The molecule has 2 N–H and O–H groups in total. The van der Waals surface area contributed by atoms with Gasteiger partial charge in [0.1, 0.15) is 11.2 Å². The number of furan rings is 1. The third kappa shape index (κ3) is 4.88. The topological polar surface area (TPSA) is 45.6 Å². The lowest BCUT2D eigenvalue weighted by atomic mass is 9.67. The molecule has 9 aromatic rings. The minimum absolute atomic E-state index is 0.507. The number of benzene rings is 8.